The van der Waals surface area contributed by atoms with Gasteiger partial charge in [0.05, 0.1) is 13.2 Å². The van der Waals surface area contributed by atoms with E-state index >= 15 is 0 Å². The second kappa shape index (κ2) is 10.1. The Balaban J connectivity index is 1.89. The molecule has 0 saturated heterocycles. The van der Waals surface area contributed by atoms with E-state index in [1.165, 1.54) is 10.4 Å². The third-order valence-electron chi connectivity index (χ3n) is 5.93. The van der Waals surface area contributed by atoms with E-state index in [9.17, 15) is 9.59 Å². The van der Waals surface area contributed by atoms with Crippen molar-refractivity contribution in [3.63, 3.8) is 0 Å². The van der Waals surface area contributed by atoms with E-state index in [0.29, 0.717) is 13.0 Å². The molecule has 1 aromatic carbocycles. The molecule has 1 aromatic heterocycles. The summed E-state index contributed by atoms with van der Waals surface area (Å²) < 4.78 is 5.30. The Hall–Kier alpha value is -2.34. The summed E-state index contributed by atoms with van der Waals surface area (Å²) in [6.45, 7) is 6.88. The highest BCUT2D eigenvalue weighted by Gasteiger charge is 2.34. The summed E-state index contributed by atoms with van der Waals surface area (Å²) in [4.78, 5) is 31.2. The number of rotatable bonds is 8. The summed E-state index contributed by atoms with van der Waals surface area (Å²) >= 11 is 1.75. The first kappa shape index (κ1) is 22.3. The predicted molar refractivity (Wildman–Crippen MR) is 121 cm³/mol. The van der Waals surface area contributed by atoms with Gasteiger partial charge in [0.25, 0.3) is 0 Å². The average Bonchev–Trinajstić information content (AvgIpc) is 3.25. The van der Waals surface area contributed by atoms with Gasteiger partial charge in [-0.1, -0.05) is 26.0 Å². The van der Waals surface area contributed by atoms with E-state index in [0.717, 1.165) is 30.6 Å². The third-order valence-corrected chi connectivity index (χ3v) is 6.93. The van der Waals surface area contributed by atoms with Crippen LogP contribution in [0.2, 0.25) is 0 Å². The first-order valence-electron chi connectivity index (χ1n) is 10.8. The van der Waals surface area contributed by atoms with Crippen molar-refractivity contribution >= 4 is 23.2 Å². The number of methoxy groups -OCH3 is 1. The third kappa shape index (κ3) is 4.69. The topological polar surface area (TPSA) is 49.9 Å². The maximum Gasteiger partial charge on any atom is 0.243 e. The normalized spacial score (nSPS) is 16.7. The van der Waals surface area contributed by atoms with Gasteiger partial charge < -0.3 is 14.5 Å². The highest BCUT2D eigenvalue weighted by atomic mass is 32.1. The van der Waals surface area contributed by atoms with Crippen LogP contribution < -0.4 is 4.74 Å². The van der Waals surface area contributed by atoms with E-state index in [2.05, 4.69) is 18.4 Å². The molecule has 0 fully saturated rings. The van der Waals surface area contributed by atoms with Crippen LogP contribution >= 0.6 is 11.3 Å². The standard InChI is InChI=1S/C24H32N2O3S/c1-5-7-22(27)26(17(3)6-2)16-23(28)25-14-12-21-20(13-15-30-21)24(25)18-8-10-19(29-4)11-9-18/h8-11,13,15,17,24H,5-7,12,14,16H2,1-4H3. The fraction of sp³-hybridized carbons (Fsp3) is 0.500. The van der Waals surface area contributed by atoms with Crippen LogP contribution in [-0.2, 0) is 16.0 Å². The Labute approximate surface area is 183 Å². The molecule has 2 unspecified atom stereocenters. The van der Waals surface area contributed by atoms with E-state index in [1.54, 1.807) is 23.3 Å². The number of thiophene rings is 1. The zero-order chi connectivity index (χ0) is 21.7. The molecular formula is C24H32N2O3S. The molecule has 162 valence electrons. The van der Waals surface area contributed by atoms with Crippen LogP contribution in [-0.4, -0.2) is 47.9 Å². The molecule has 0 saturated carbocycles. The SMILES string of the molecule is CCCC(=O)N(CC(=O)N1CCc2sccc2C1c1ccc(OC)cc1)C(C)CC. The van der Waals surface area contributed by atoms with Gasteiger partial charge in [-0.15, -0.1) is 11.3 Å². The fourth-order valence-electron chi connectivity index (χ4n) is 4.03. The summed E-state index contributed by atoms with van der Waals surface area (Å²) in [6, 6.07) is 10.00. The minimum atomic E-state index is -0.126. The lowest BCUT2D eigenvalue weighted by Crippen LogP contribution is -2.49. The smallest absolute Gasteiger partial charge is 0.243 e. The Morgan fingerprint density at radius 2 is 1.97 bits per heavy atom. The van der Waals surface area contributed by atoms with Crippen LogP contribution in [0.4, 0.5) is 0 Å². The van der Waals surface area contributed by atoms with Crippen LogP contribution in [0.1, 0.15) is 62.1 Å². The number of carbonyl (C=O) groups excluding carboxylic acids is 2. The van der Waals surface area contributed by atoms with Crippen LogP contribution in [0.5, 0.6) is 5.75 Å². The monoisotopic (exact) mass is 428 g/mol. The number of amides is 2. The Kier molecular flexibility index (Phi) is 7.53. The number of hydrogen-bond acceptors (Lipinski definition) is 4. The van der Waals surface area contributed by atoms with Gasteiger partial charge in [-0.25, -0.2) is 0 Å². The van der Waals surface area contributed by atoms with Crippen molar-refractivity contribution in [2.45, 2.75) is 58.5 Å². The van der Waals surface area contributed by atoms with Crippen LogP contribution in [0.25, 0.3) is 0 Å². The van der Waals surface area contributed by atoms with E-state index in [-0.39, 0.29) is 30.4 Å². The van der Waals surface area contributed by atoms with Gasteiger partial charge in [0.15, 0.2) is 0 Å². The Morgan fingerprint density at radius 3 is 2.60 bits per heavy atom. The van der Waals surface area contributed by atoms with Crippen molar-refractivity contribution in [1.82, 2.24) is 9.80 Å². The highest BCUT2D eigenvalue weighted by Crippen LogP contribution is 2.38. The quantitative estimate of drug-likeness (QED) is 0.615. The van der Waals surface area contributed by atoms with Crippen LogP contribution in [0.3, 0.4) is 0 Å². The Morgan fingerprint density at radius 1 is 1.23 bits per heavy atom. The van der Waals surface area contributed by atoms with Crippen molar-refractivity contribution in [3.05, 3.63) is 51.7 Å². The molecule has 0 aliphatic carbocycles. The minimum Gasteiger partial charge on any atom is -0.497 e. The van der Waals surface area contributed by atoms with Crippen molar-refractivity contribution in [1.29, 1.82) is 0 Å². The molecule has 1 aliphatic heterocycles. The second-order valence-corrected chi connectivity index (χ2v) is 8.84. The molecule has 0 spiro atoms. The van der Waals surface area contributed by atoms with Crippen molar-refractivity contribution in [2.24, 2.45) is 0 Å². The van der Waals surface area contributed by atoms with Crippen molar-refractivity contribution in [3.8, 4) is 5.75 Å². The summed E-state index contributed by atoms with van der Waals surface area (Å²) in [5.41, 5.74) is 2.26. The minimum absolute atomic E-state index is 0.0115. The molecule has 2 amide bonds. The van der Waals surface area contributed by atoms with Gasteiger partial charge in [-0.2, -0.15) is 0 Å². The van der Waals surface area contributed by atoms with Crippen LogP contribution in [0.15, 0.2) is 35.7 Å². The molecule has 0 bridgehead atoms. The largest absolute Gasteiger partial charge is 0.497 e. The first-order valence-corrected chi connectivity index (χ1v) is 11.7. The molecule has 30 heavy (non-hydrogen) atoms. The van der Waals surface area contributed by atoms with Crippen LogP contribution in [0, 0.1) is 0 Å². The number of hydrogen-bond donors (Lipinski definition) is 0. The van der Waals surface area contributed by atoms with Gasteiger partial charge in [0.1, 0.15) is 12.3 Å². The first-order chi connectivity index (χ1) is 14.5. The highest BCUT2D eigenvalue weighted by molar-refractivity contribution is 7.10. The molecular weight excluding hydrogens is 396 g/mol. The van der Waals surface area contributed by atoms with Gasteiger partial charge >= 0.3 is 0 Å². The summed E-state index contributed by atoms with van der Waals surface area (Å²) in [5.74, 6) is 0.873. The second-order valence-electron chi connectivity index (χ2n) is 7.84. The van der Waals surface area contributed by atoms with Crippen molar-refractivity contribution in [2.75, 3.05) is 20.2 Å². The molecule has 1 aliphatic rings. The number of nitrogens with zero attached hydrogens (tertiary/aromatic N) is 2. The number of benzene rings is 1. The molecule has 5 nitrogen and oxygen atoms in total. The molecule has 3 rings (SSSR count). The summed E-state index contributed by atoms with van der Waals surface area (Å²) in [6.07, 6.45) is 2.96. The predicted octanol–water partition coefficient (Wildman–Crippen LogP) is 4.66. The van der Waals surface area contributed by atoms with E-state index in [4.69, 9.17) is 4.74 Å². The maximum absolute atomic E-state index is 13.5. The van der Waals surface area contributed by atoms with Gasteiger partial charge in [-0.05, 0) is 60.9 Å². The summed E-state index contributed by atoms with van der Waals surface area (Å²) in [7, 11) is 1.65. The number of carbonyl (C=O) groups is 2. The fourth-order valence-corrected chi connectivity index (χ4v) is 4.94. The van der Waals surface area contributed by atoms with E-state index < -0.39 is 0 Å². The lowest BCUT2D eigenvalue weighted by Gasteiger charge is -2.38. The average molecular weight is 429 g/mol. The maximum atomic E-state index is 13.5. The van der Waals surface area contributed by atoms with Gasteiger partial charge in [0.2, 0.25) is 11.8 Å². The van der Waals surface area contributed by atoms with E-state index in [1.807, 2.05) is 43.0 Å². The lowest BCUT2D eigenvalue weighted by molar-refractivity contribution is -0.143. The molecule has 2 atom stereocenters. The number of fused-ring (bicyclic) bond motifs is 1. The van der Waals surface area contributed by atoms with Gasteiger partial charge in [0, 0.05) is 23.9 Å². The molecule has 0 N–H and O–H groups in total. The van der Waals surface area contributed by atoms with Gasteiger partial charge in [-0.3, -0.25) is 9.59 Å². The number of ether oxygens (including phenoxy) is 1. The lowest BCUT2D eigenvalue weighted by atomic mass is 9.93. The zero-order valence-electron chi connectivity index (χ0n) is 18.4. The molecule has 2 aromatic rings. The molecule has 6 heteroatoms. The molecule has 0 radical (unpaired) electrons. The Bertz CT molecular complexity index is 862. The molecule has 2 heterocycles. The van der Waals surface area contributed by atoms with Crippen molar-refractivity contribution < 1.29 is 14.3 Å². The summed E-state index contributed by atoms with van der Waals surface area (Å²) in [5, 5.41) is 2.10. The zero-order valence-corrected chi connectivity index (χ0v) is 19.2.